The van der Waals surface area contributed by atoms with E-state index in [1.54, 1.807) is 0 Å². The third-order valence-corrected chi connectivity index (χ3v) is 2.97. The van der Waals surface area contributed by atoms with Crippen molar-refractivity contribution in [3.8, 4) is 0 Å². The molecule has 1 rings (SSSR count). The highest BCUT2D eigenvalue weighted by atomic mass is 79.9. The van der Waals surface area contributed by atoms with E-state index in [0.29, 0.717) is 5.88 Å². The van der Waals surface area contributed by atoms with Crippen LogP contribution in [0.5, 0.6) is 0 Å². The molecule has 3 nitrogen and oxygen atoms in total. The summed E-state index contributed by atoms with van der Waals surface area (Å²) >= 11 is 9.13. The van der Waals surface area contributed by atoms with Crippen molar-refractivity contribution in [1.82, 2.24) is 14.7 Å². The molecule has 0 N–H and O–H groups in total. The average molecular weight is 307 g/mol. The normalized spacial score (nSPS) is 11.8. The van der Waals surface area contributed by atoms with Gasteiger partial charge in [0, 0.05) is 12.4 Å². The first-order valence-corrected chi connectivity index (χ1v) is 6.56. The fourth-order valence-corrected chi connectivity index (χ4v) is 1.82. The van der Waals surface area contributed by atoms with E-state index in [9.17, 15) is 0 Å². The molecule has 1 heterocycles. The topological polar surface area (TPSA) is 21.1 Å². The van der Waals surface area contributed by atoms with Crippen molar-refractivity contribution in [2.24, 2.45) is 0 Å². The fourth-order valence-electron chi connectivity index (χ4n) is 1.27. The average Bonchev–Trinajstić information content (AvgIpc) is 2.58. The molecule has 0 fully saturated rings. The Hall–Kier alpha value is -0.320. The molecule has 1 aromatic rings. The fraction of sp³-hybridized carbons (Fsp3) is 0.545. The van der Waals surface area contributed by atoms with E-state index >= 15 is 0 Å². The smallest absolute Gasteiger partial charge is 0.0749 e. The van der Waals surface area contributed by atoms with Crippen LogP contribution < -0.4 is 0 Å². The van der Waals surface area contributed by atoms with Crippen LogP contribution in [-0.4, -0.2) is 41.2 Å². The number of rotatable bonds is 6. The van der Waals surface area contributed by atoms with Gasteiger partial charge in [-0.2, -0.15) is 5.10 Å². The maximum atomic E-state index is 5.63. The summed E-state index contributed by atoms with van der Waals surface area (Å²) in [7, 11) is 4.11. The largest absolute Gasteiger partial charge is 0.308 e. The first kappa shape index (κ1) is 13.7. The van der Waals surface area contributed by atoms with Crippen molar-refractivity contribution >= 4 is 33.6 Å². The predicted octanol–water partition coefficient (Wildman–Crippen LogP) is 2.85. The van der Waals surface area contributed by atoms with Crippen molar-refractivity contribution in [3.05, 3.63) is 22.4 Å². The molecule has 0 radical (unpaired) electrons. The lowest BCUT2D eigenvalue weighted by atomic mass is 10.3. The Balaban J connectivity index is 2.69. The van der Waals surface area contributed by atoms with Gasteiger partial charge in [-0.25, -0.2) is 0 Å². The van der Waals surface area contributed by atoms with Crippen LogP contribution in [0.1, 0.15) is 12.1 Å². The predicted molar refractivity (Wildman–Crippen MR) is 72.9 cm³/mol. The number of hydrogen-bond acceptors (Lipinski definition) is 2. The molecule has 16 heavy (non-hydrogen) atoms. The van der Waals surface area contributed by atoms with Crippen molar-refractivity contribution in [2.75, 3.05) is 26.5 Å². The maximum absolute atomic E-state index is 5.63. The molecule has 1 aromatic heterocycles. The summed E-state index contributed by atoms with van der Waals surface area (Å²) in [4.78, 5) is 2.14. The van der Waals surface area contributed by atoms with Crippen LogP contribution in [0.25, 0.3) is 6.08 Å². The summed E-state index contributed by atoms with van der Waals surface area (Å²) in [5, 5.41) is 4.33. The van der Waals surface area contributed by atoms with Crippen LogP contribution in [0.3, 0.4) is 0 Å². The van der Waals surface area contributed by atoms with Crippen LogP contribution in [0.15, 0.2) is 16.7 Å². The molecular formula is C11H17BrClN3. The van der Waals surface area contributed by atoms with Crippen molar-refractivity contribution in [1.29, 1.82) is 0 Å². The quantitative estimate of drug-likeness (QED) is 0.754. The molecule has 0 aliphatic rings. The molecule has 0 saturated carbocycles. The van der Waals surface area contributed by atoms with E-state index in [1.807, 2.05) is 10.9 Å². The number of likely N-dealkylation sites (N-methyl/N-ethyl adjacent to an activating group) is 1. The molecule has 0 aliphatic carbocycles. The number of hydrogen-bond donors (Lipinski definition) is 0. The summed E-state index contributed by atoms with van der Waals surface area (Å²) in [6.07, 6.45) is 6.85. The number of nitrogens with zero attached hydrogens (tertiary/aromatic N) is 3. The van der Waals surface area contributed by atoms with E-state index in [0.717, 1.165) is 29.7 Å². The number of halogens is 2. The number of allylic oxidation sites excluding steroid dienone is 1. The molecule has 0 spiro atoms. The van der Waals surface area contributed by atoms with Gasteiger partial charge in [0.05, 0.1) is 22.9 Å². The summed E-state index contributed by atoms with van der Waals surface area (Å²) in [5.41, 5.74) is 1.10. The van der Waals surface area contributed by atoms with Crippen molar-refractivity contribution in [2.45, 2.75) is 13.0 Å². The lowest BCUT2D eigenvalue weighted by molar-refractivity contribution is 0.372. The van der Waals surface area contributed by atoms with Gasteiger partial charge >= 0.3 is 0 Å². The Morgan fingerprint density at radius 2 is 2.31 bits per heavy atom. The van der Waals surface area contributed by atoms with Gasteiger partial charge in [0.25, 0.3) is 0 Å². The van der Waals surface area contributed by atoms with E-state index in [4.69, 9.17) is 11.6 Å². The minimum absolute atomic E-state index is 0.653. The zero-order valence-corrected chi connectivity index (χ0v) is 12.0. The minimum Gasteiger partial charge on any atom is -0.308 e. The van der Waals surface area contributed by atoms with Crippen LogP contribution in [-0.2, 0) is 6.54 Å². The van der Waals surface area contributed by atoms with Crippen molar-refractivity contribution in [3.63, 3.8) is 0 Å². The molecular weight excluding hydrogens is 289 g/mol. The monoisotopic (exact) mass is 305 g/mol. The lowest BCUT2D eigenvalue weighted by Gasteiger charge is -2.10. The maximum Gasteiger partial charge on any atom is 0.0749 e. The Morgan fingerprint density at radius 3 is 2.94 bits per heavy atom. The molecule has 0 saturated heterocycles. The SMILES string of the molecule is CN(C)CCn1ncc(Br)c1/C=C/CCCl. The molecule has 0 bridgehead atoms. The van der Waals surface area contributed by atoms with Crippen molar-refractivity contribution < 1.29 is 0 Å². The van der Waals surface area contributed by atoms with E-state index < -0.39 is 0 Å². The Labute approximate surface area is 110 Å². The third kappa shape index (κ3) is 4.28. The molecule has 0 aromatic carbocycles. The molecule has 0 aliphatic heterocycles. The third-order valence-electron chi connectivity index (χ3n) is 2.14. The second-order valence-electron chi connectivity index (χ2n) is 3.78. The molecule has 5 heteroatoms. The van der Waals surface area contributed by atoms with Gasteiger partial charge < -0.3 is 4.90 Å². The summed E-state index contributed by atoms with van der Waals surface area (Å²) in [6, 6.07) is 0. The van der Waals surface area contributed by atoms with Crippen LogP contribution in [0.4, 0.5) is 0 Å². The van der Waals surface area contributed by atoms with Gasteiger partial charge in [0.15, 0.2) is 0 Å². The second-order valence-corrected chi connectivity index (χ2v) is 5.02. The first-order chi connectivity index (χ1) is 7.65. The summed E-state index contributed by atoms with van der Waals surface area (Å²) in [6.45, 7) is 1.86. The Kier molecular flexibility index (Phi) is 6.09. The highest BCUT2D eigenvalue weighted by molar-refractivity contribution is 9.10. The van der Waals surface area contributed by atoms with Gasteiger partial charge in [-0.1, -0.05) is 6.08 Å². The second kappa shape index (κ2) is 7.09. The highest BCUT2D eigenvalue weighted by Crippen LogP contribution is 2.17. The van der Waals surface area contributed by atoms with Gasteiger partial charge in [-0.3, -0.25) is 4.68 Å². The first-order valence-electron chi connectivity index (χ1n) is 5.23. The van der Waals surface area contributed by atoms with Crippen LogP contribution >= 0.6 is 27.5 Å². The van der Waals surface area contributed by atoms with Gasteiger partial charge in [0.1, 0.15) is 0 Å². The Bertz CT molecular complexity index is 347. The van der Waals surface area contributed by atoms with Gasteiger partial charge in [-0.05, 0) is 42.5 Å². The molecule has 0 unspecified atom stereocenters. The van der Waals surface area contributed by atoms with E-state index in [-0.39, 0.29) is 0 Å². The summed E-state index contributed by atoms with van der Waals surface area (Å²) < 4.78 is 3.02. The zero-order chi connectivity index (χ0) is 12.0. The van der Waals surface area contributed by atoms with Crippen LogP contribution in [0.2, 0.25) is 0 Å². The molecule has 0 atom stereocenters. The Morgan fingerprint density at radius 1 is 1.56 bits per heavy atom. The van der Waals surface area contributed by atoms with E-state index in [2.05, 4.69) is 52.2 Å². The van der Waals surface area contributed by atoms with Crippen LogP contribution in [0, 0.1) is 0 Å². The van der Waals surface area contributed by atoms with Gasteiger partial charge in [-0.15, -0.1) is 11.6 Å². The number of alkyl halides is 1. The van der Waals surface area contributed by atoms with E-state index in [1.165, 1.54) is 0 Å². The summed E-state index contributed by atoms with van der Waals surface area (Å²) in [5.74, 6) is 0.653. The highest BCUT2D eigenvalue weighted by Gasteiger charge is 2.05. The standard InChI is InChI=1S/C11H17BrClN3/c1-15(2)7-8-16-11(5-3-4-6-13)10(12)9-14-16/h3,5,9H,4,6-8H2,1-2H3/b5-3+. The zero-order valence-electron chi connectivity index (χ0n) is 9.66. The number of aromatic nitrogens is 2. The molecule has 0 amide bonds. The molecule has 90 valence electrons. The minimum atomic E-state index is 0.653. The lowest BCUT2D eigenvalue weighted by Crippen LogP contribution is -2.19. The van der Waals surface area contributed by atoms with Gasteiger partial charge in [0.2, 0.25) is 0 Å².